The normalized spacial score (nSPS) is 14.1. The molecule has 0 bridgehead atoms. The second-order valence-corrected chi connectivity index (χ2v) is 6.06. The number of nitrogens with one attached hydrogen (secondary N) is 1. The highest BCUT2D eigenvalue weighted by atomic mass is 19.1. The molecule has 0 saturated heterocycles. The first-order valence-corrected chi connectivity index (χ1v) is 7.77. The van der Waals surface area contributed by atoms with Gasteiger partial charge in [-0.1, -0.05) is 24.3 Å². The summed E-state index contributed by atoms with van der Waals surface area (Å²) in [4.78, 5) is 17.8. The summed E-state index contributed by atoms with van der Waals surface area (Å²) in [5.74, 6) is -0.321. The summed E-state index contributed by atoms with van der Waals surface area (Å²) in [5.41, 5.74) is 4.62. The van der Waals surface area contributed by atoms with Gasteiger partial charge in [-0.2, -0.15) is 0 Å². The molecule has 2 heterocycles. The van der Waals surface area contributed by atoms with Gasteiger partial charge in [-0.3, -0.25) is 4.79 Å². The van der Waals surface area contributed by atoms with Crippen molar-refractivity contribution in [3.63, 3.8) is 0 Å². The number of aromatic nitrogens is 1. The van der Waals surface area contributed by atoms with Crippen LogP contribution in [-0.2, 0) is 13.0 Å². The number of H-pyrrole nitrogens is 1. The maximum Gasteiger partial charge on any atom is 0.270 e. The first kappa shape index (κ1) is 14.0. The molecule has 0 fully saturated rings. The van der Waals surface area contributed by atoms with Crippen LogP contribution in [0.1, 0.15) is 27.2 Å². The topological polar surface area (TPSA) is 36.1 Å². The van der Waals surface area contributed by atoms with Crippen LogP contribution in [0.4, 0.5) is 4.39 Å². The molecule has 1 amide bonds. The van der Waals surface area contributed by atoms with Crippen molar-refractivity contribution in [3.05, 3.63) is 70.7 Å². The number of carbonyl (C=O) groups is 1. The molecule has 4 heteroatoms. The first-order valence-electron chi connectivity index (χ1n) is 7.77. The third-order valence-corrected chi connectivity index (χ3v) is 4.65. The Morgan fingerprint density at radius 2 is 1.96 bits per heavy atom. The maximum absolute atomic E-state index is 13.4. The van der Waals surface area contributed by atoms with Crippen molar-refractivity contribution in [3.8, 4) is 0 Å². The smallest absolute Gasteiger partial charge is 0.270 e. The van der Waals surface area contributed by atoms with Crippen LogP contribution in [0.5, 0.6) is 0 Å². The molecule has 3 nitrogen and oxygen atoms in total. The quantitative estimate of drug-likeness (QED) is 0.729. The third-order valence-electron chi connectivity index (χ3n) is 4.65. The highest BCUT2D eigenvalue weighted by molar-refractivity contribution is 6.01. The molecule has 0 unspecified atom stereocenters. The van der Waals surface area contributed by atoms with Crippen LogP contribution in [0.3, 0.4) is 0 Å². The lowest BCUT2D eigenvalue weighted by molar-refractivity contribution is 0.0729. The van der Waals surface area contributed by atoms with E-state index in [2.05, 4.69) is 17.1 Å². The van der Waals surface area contributed by atoms with Crippen LogP contribution < -0.4 is 0 Å². The van der Waals surface area contributed by atoms with Gasteiger partial charge in [0.1, 0.15) is 11.5 Å². The minimum absolute atomic E-state index is 0.0198. The van der Waals surface area contributed by atoms with E-state index in [1.807, 2.05) is 24.0 Å². The van der Waals surface area contributed by atoms with Crippen molar-refractivity contribution in [1.29, 1.82) is 0 Å². The van der Waals surface area contributed by atoms with Gasteiger partial charge in [-0.05, 0) is 48.2 Å². The molecule has 4 rings (SSSR count). The van der Waals surface area contributed by atoms with E-state index in [1.54, 1.807) is 6.07 Å². The largest absolute Gasteiger partial charge is 0.350 e. The zero-order chi connectivity index (χ0) is 16.0. The van der Waals surface area contributed by atoms with Gasteiger partial charge in [0.2, 0.25) is 0 Å². The van der Waals surface area contributed by atoms with Crippen LogP contribution in [0.25, 0.3) is 10.9 Å². The van der Waals surface area contributed by atoms with Crippen molar-refractivity contribution in [1.82, 2.24) is 9.88 Å². The van der Waals surface area contributed by atoms with E-state index in [9.17, 15) is 9.18 Å². The van der Waals surface area contributed by atoms with Crippen LogP contribution in [0.2, 0.25) is 0 Å². The Kier molecular flexibility index (Phi) is 3.18. The van der Waals surface area contributed by atoms with Gasteiger partial charge < -0.3 is 9.88 Å². The number of aryl methyl sites for hydroxylation is 1. The zero-order valence-electron chi connectivity index (χ0n) is 12.9. The monoisotopic (exact) mass is 308 g/mol. The van der Waals surface area contributed by atoms with Crippen molar-refractivity contribution in [2.45, 2.75) is 19.9 Å². The molecule has 0 saturated carbocycles. The standard InChI is InChI=1S/C19H17FN2O/c1-12-16-7-6-15(20)10-17(16)21-18(12)19(23)22-9-8-13-4-2-3-5-14(13)11-22/h2-7,10,21H,8-9,11H2,1H3. The predicted molar refractivity (Wildman–Crippen MR) is 87.9 cm³/mol. The van der Waals surface area contributed by atoms with Crippen molar-refractivity contribution < 1.29 is 9.18 Å². The summed E-state index contributed by atoms with van der Waals surface area (Å²) >= 11 is 0. The minimum atomic E-state index is -0.301. The molecule has 1 aliphatic heterocycles. The lowest BCUT2D eigenvalue weighted by Gasteiger charge is -2.28. The van der Waals surface area contributed by atoms with Crippen molar-refractivity contribution in [2.75, 3.05) is 6.54 Å². The Bertz CT molecular complexity index is 913. The Morgan fingerprint density at radius 1 is 1.17 bits per heavy atom. The summed E-state index contributed by atoms with van der Waals surface area (Å²) in [6.07, 6.45) is 0.871. The summed E-state index contributed by atoms with van der Waals surface area (Å²) in [6, 6.07) is 12.8. The number of rotatable bonds is 1. The zero-order valence-corrected chi connectivity index (χ0v) is 12.9. The van der Waals surface area contributed by atoms with Crippen LogP contribution in [0, 0.1) is 12.7 Å². The summed E-state index contributed by atoms with van der Waals surface area (Å²) in [5, 5.41) is 0.896. The predicted octanol–water partition coefficient (Wildman–Crippen LogP) is 3.81. The molecule has 3 aromatic rings. The highest BCUT2D eigenvalue weighted by Gasteiger charge is 2.24. The van der Waals surface area contributed by atoms with Crippen LogP contribution >= 0.6 is 0 Å². The van der Waals surface area contributed by atoms with Gasteiger partial charge in [-0.15, -0.1) is 0 Å². The van der Waals surface area contributed by atoms with E-state index in [0.29, 0.717) is 24.3 Å². The van der Waals surface area contributed by atoms with E-state index in [0.717, 1.165) is 17.4 Å². The fourth-order valence-corrected chi connectivity index (χ4v) is 3.35. The maximum atomic E-state index is 13.4. The van der Waals surface area contributed by atoms with E-state index in [4.69, 9.17) is 0 Å². The number of aromatic amines is 1. The van der Waals surface area contributed by atoms with E-state index in [-0.39, 0.29) is 11.7 Å². The fraction of sp³-hybridized carbons (Fsp3) is 0.211. The second kappa shape index (κ2) is 5.23. The Labute approximate surface area is 133 Å². The average molecular weight is 308 g/mol. The number of carbonyl (C=O) groups excluding carboxylic acids is 1. The van der Waals surface area contributed by atoms with Gasteiger partial charge in [0.15, 0.2) is 0 Å². The van der Waals surface area contributed by atoms with E-state index < -0.39 is 0 Å². The molecule has 0 aliphatic carbocycles. The number of amides is 1. The molecule has 1 aliphatic rings. The van der Waals surface area contributed by atoms with Gasteiger partial charge in [0.25, 0.3) is 5.91 Å². The molecule has 116 valence electrons. The molecule has 0 atom stereocenters. The SMILES string of the molecule is Cc1c(C(=O)N2CCc3ccccc3C2)[nH]c2cc(F)ccc12. The van der Waals surface area contributed by atoms with E-state index >= 15 is 0 Å². The number of hydrogen-bond acceptors (Lipinski definition) is 1. The van der Waals surface area contributed by atoms with Gasteiger partial charge in [0.05, 0.1) is 0 Å². The molecule has 0 spiro atoms. The molecule has 1 aromatic heterocycles. The first-order chi connectivity index (χ1) is 11.1. The molecule has 1 N–H and O–H groups in total. The minimum Gasteiger partial charge on any atom is -0.350 e. The Hall–Kier alpha value is -2.62. The van der Waals surface area contributed by atoms with Crippen LogP contribution in [0.15, 0.2) is 42.5 Å². The second-order valence-electron chi connectivity index (χ2n) is 6.06. The van der Waals surface area contributed by atoms with Gasteiger partial charge in [-0.25, -0.2) is 4.39 Å². The van der Waals surface area contributed by atoms with Crippen molar-refractivity contribution in [2.24, 2.45) is 0 Å². The molecule has 0 radical (unpaired) electrons. The van der Waals surface area contributed by atoms with Gasteiger partial charge >= 0.3 is 0 Å². The third kappa shape index (κ3) is 2.31. The van der Waals surface area contributed by atoms with Gasteiger partial charge in [0, 0.05) is 24.0 Å². The fourth-order valence-electron chi connectivity index (χ4n) is 3.35. The molecule has 2 aromatic carbocycles. The number of benzene rings is 2. The number of hydrogen-bond donors (Lipinski definition) is 1. The van der Waals surface area contributed by atoms with E-state index in [1.165, 1.54) is 23.3 Å². The summed E-state index contributed by atoms with van der Waals surface area (Å²) in [7, 11) is 0. The summed E-state index contributed by atoms with van der Waals surface area (Å²) in [6.45, 7) is 3.24. The van der Waals surface area contributed by atoms with Crippen LogP contribution in [-0.4, -0.2) is 22.3 Å². The Morgan fingerprint density at radius 3 is 2.78 bits per heavy atom. The number of fused-ring (bicyclic) bond motifs is 2. The lowest BCUT2D eigenvalue weighted by atomic mass is 9.99. The summed E-state index contributed by atoms with van der Waals surface area (Å²) < 4.78 is 13.4. The molecular weight excluding hydrogens is 291 g/mol. The number of nitrogens with zero attached hydrogens (tertiary/aromatic N) is 1. The lowest BCUT2D eigenvalue weighted by Crippen LogP contribution is -2.36. The molecular formula is C19H17FN2O. The average Bonchev–Trinajstić information content (AvgIpc) is 2.89. The number of halogens is 1. The van der Waals surface area contributed by atoms with Crippen molar-refractivity contribution >= 4 is 16.8 Å². The molecule has 23 heavy (non-hydrogen) atoms. The highest BCUT2D eigenvalue weighted by Crippen LogP contribution is 2.26. The Balaban J connectivity index is 1.69.